The molecule has 3 heteroatoms. The Bertz CT molecular complexity index is 231. The van der Waals surface area contributed by atoms with Crippen molar-refractivity contribution >= 4 is 21.9 Å². The zero-order valence-electron chi connectivity index (χ0n) is 14.2. The number of alkyl halides is 1. The Kier molecular flexibility index (Phi) is 16.3. The van der Waals surface area contributed by atoms with E-state index in [2.05, 4.69) is 22.9 Å². The van der Waals surface area contributed by atoms with Crippen molar-refractivity contribution in [3.8, 4) is 0 Å². The third kappa shape index (κ3) is 16.2. The molecule has 0 amide bonds. The monoisotopic (exact) mass is 362 g/mol. The molecule has 0 bridgehead atoms. The number of esters is 1. The molecule has 0 aliphatic rings. The largest absolute Gasteiger partial charge is 0.463 e. The minimum Gasteiger partial charge on any atom is -0.463 e. The van der Waals surface area contributed by atoms with Gasteiger partial charge in [-0.3, -0.25) is 4.79 Å². The van der Waals surface area contributed by atoms with Gasteiger partial charge >= 0.3 is 5.97 Å². The predicted molar refractivity (Wildman–Crippen MR) is 95.0 cm³/mol. The van der Waals surface area contributed by atoms with Crippen LogP contribution in [0.4, 0.5) is 0 Å². The van der Waals surface area contributed by atoms with Gasteiger partial charge in [0, 0.05) is 11.8 Å². The van der Waals surface area contributed by atoms with Gasteiger partial charge in [0.25, 0.3) is 0 Å². The standard InChI is InChI=1S/C18H35BrO2/c1-3-4-5-6-8-11-14-17(2)21-18(20)15-12-9-7-10-13-16-19/h17H,3-16H2,1-2H3. The van der Waals surface area contributed by atoms with Crippen LogP contribution in [0.15, 0.2) is 0 Å². The molecule has 0 heterocycles. The summed E-state index contributed by atoms with van der Waals surface area (Å²) in [6, 6.07) is 0. The molecular formula is C18H35BrO2. The van der Waals surface area contributed by atoms with Gasteiger partial charge in [0.1, 0.15) is 0 Å². The molecule has 0 aliphatic carbocycles. The highest BCUT2D eigenvalue weighted by Crippen LogP contribution is 2.12. The molecule has 0 aromatic heterocycles. The quantitative estimate of drug-likeness (QED) is 0.191. The zero-order chi connectivity index (χ0) is 15.8. The highest BCUT2D eigenvalue weighted by atomic mass is 79.9. The number of carbonyl (C=O) groups excluding carboxylic acids is 1. The zero-order valence-corrected chi connectivity index (χ0v) is 15.8. The maximum Gasteiger partial charge on any atom is 0.306 e. The molecule has 0 fully saturated rings. The highest BCUT2D eigenvalue weighted by Gasteiger charge is 2.08. The lowest BCUT2D eigenvalue weighted by Gasteiger charge is -2.13. The van der Waals surface area contributed by atoms with Crippen molar-refractivity contribution in [1.29, 1.82) is 0 Å². The van der Waals surface area contributed by atoms with Crippen molar-refractivity contribution in [1.82, 2.24) is 0 Å². The summed E-state index contributed by atoms with van der Waals surface area (Å²) in [4.78, 5) is 11.7. The van der Waals surface area contributed by atoms with Crippen LogP contribution < -0.4 is 0 Å². The molecular weight excluding hydrogens is 328 g/mol. The molecule has 1 atom stereocenters. The molecule has 0 aliphatic heterocycles. The van der Waals surface area contributed by atoms with Gasteiger partial charge in [0.05, 0.1) is 6.10 Å². The van der Waals surface area contributed by atoms with Crippen LogP contribution in [0.1, 0.15) is 97.3 Å². The Hall–Kier alpha value is -0.0500. The van der Waals surface area contributed by atoms with Crippen molar-refractivity contribution in [3.05, 3.63) is 0 Å². The number of hydrogen-bond acceptors (Lipinski definition) is 2. The van der Waals surface area contributed by atoms with E-state index in [4.69, 9.17) is 4.74 Å². The molecule has 0 rings (SSSR count). The minimum absolute atomic E-state index is 0.00558. The van der Waals surface area contributed by atoms with E-state index >= 15 is 0 Å². The molecule has 0 saturated carbocycles. The van der Waals surface area contributed by atoms with Crippen molar-refractivity contribution in [2.75, 3.05) is 5.33 Å². The molecule has 2 nitrogen and oxygen atoms in total. The smallest absolute Gasteiger partial charge is 0.306 e. The molecule has 126 valence electrons. The number of halogens is 1. The summed E-state index contributed by atoms with van der Waals surface area (Å²) in [5.74, 6) is -0.00558. The summed E-state index contributed by atoms with van der Waals surface area (Å²) in [6.45, 7) is 4.27. The lowest BCUT2D eigenvalue weighted by molar-refractivity contribution is -0.148. The normalized spacial score (nSPS) is 12.3. The predicted octanol–water partition coefficient (Wildman–Crippen LogP) is 6.40. The average Bonchev–Trinajstić information content (AvgIpc) is 2.46. The van der Waals surface area contributed by atoms with E-state index in [1.54, 1.807) is 0 Å². The van der Waals surface area contributed by atoms with Gasteiger partial charge < -0.3 is 4.74 Å². The maximum atomic E-state index is 11.7. The fraction of sp³-hybridized carbons (Fsp3) is 0.944. The Morgan fingerprint density at radius 1 is 0.905 bits per heavy atom. The third-order valence-electron chi connectivity index (χ3n) is 3.81. The first-order valence-corrected chi connectivity index (χ1v) is 10.1. The molecule has 0 aromatic rings. The Morgan fingerprint density at radius 2 is 1.48 bits per heavy atom. The van der Waals surface area contributed by atoms with Crippen LogP contribution in [0.5, 0.6) is 0 Å². The highest BCUT2D eigenvalue weighted by molar-refractivity contribution is 9.09. The summed E-state index contributed by atoms with van der Waals surface area (Å²) in [6.07, 6.45) is 15.3. The second-order valence-electron chi connectivity index (χ2n) is 6.06. The molecule has 0 radical (unpaired) electrons. The van der Waals surface area contributed by atoms with Gasteiger partial charge in [0.15, 0.2) is 0 Å². The van der Waals surface area contributed by atoms with Crippen LogP contribution in [0, 0.1) is 0 Å². The van der Waals surface area contributed by atoms with E-state index in [0.717, 1.165) is 24.6 Å². The molecule has 0 N–H and O–H groups in total. The third-order valence-corrected chi connectivity index (χ3v) is 4.37. The van der Waals surface area contributed by atoms with E-state index in [1.165, 1.54) is 57.8 Å². The van der Waals surface area contributed by atoms with E-state index in [-0.39, 0.29) is 12.1 Å². The second-order valence-corrected chi connectivity index (χ2v) is 6.86. The van der Waals surface area contributed by atoms with Crippen molar-refractivity contribution in [2.45, 2.75) is 103 Å². The number of rotatable bonds is 15. The van der Waals surface area contributed by atoms with E-state index < -0.39 is 0 Å². The number of unbranched alkanes of at least 4 members (excludes halogenated alkanes) is 9. The lowest BCUT2D eigenvalue weighted by Crippen LogP contribution is -2.14. The molecule has 21 heavy (non-hydrogen) atoms. The fourth-order valence-corrected chi connectivity index (χ4v) is 2.85. The Balaban J connectivity index is 3.35. The number of ether oxygens (including phenoxy) is 1. The summed E-state index contributed by atoms with van der Waals surface area (Å²) in [5, 5.41) is 1.09. The summed E-state index contributed by atoms with van der Waals surface area (Å²) < 4.78 is 5.46. The number of hydrogen-bond donors (Lipinski definition) is 0. The topological polar surface area (TPSA) is 26.3 Å². The first kappa shape index (κ1) is 20.9. The molecule has 0 saturated heterocycles. The van der Waals surface area contributed by atoms with E-state index in [0.29, 0.717) is 6.42 Å². The summed E-state index contributed by atoms with van der Waals surface area (Å²) in [7, 11) is 0. The summed E-state index contributed by atoms with van der Waals surface area (Å²) >= 11 is 3.43. The van der Waals surface area contributed by atoms with Crippen LogP contribution in [-0.2, 0) is 9.53 Å². The van der Waals surface area contributed by atoms with Crippen molar-refractivity contribution < 1.29 is 9.53 Å². The first-order chi connectivity index (χ1) is 10.2. The van der Waals surface area contributed by atoms with Gasteiger partial charge in [0.2, 0.25) is 0 Å². The van der Waals surface area contributed by atoms with Gasteiger partial charge in [-0.1, -0.05) is 74.2 Å². The summed E-state index contributed by atoms with van der Waals surface area (Å²) in [5.41, 5.74) is 0. The molecule has 1 unspecified atom stereocenters. The molecule has 0 spiro atoms. The van der Waals surface area contributed by atoms with Crippen LogP contribution >= 0.6 is 15.9 Å². The van der Waals surface area contributed by atoms with E-state index in [1.807, 2.05) is 6.92 Å². The van der Waals surface area contributed by atoms with Crippen LogP contribution in [0.25, 0.3) is 0 Å². The SMILES string of the molecule is CCCCCCCCC(C)OC(=O)CCCCCCCBr. The Labute approximate surface area is 140 Å². The van der Waals surface area contributed by atoms with Gasteiger partial charge in [-0.15, -0.1) is 0 Å². The Morgan fingerprint density at radius 3 is 2.14 bits per heavy atom. The lowest BCUT2D eigenvalue weighted by atomic mass is 10.1. The second kappa shape index (κ2) is 16.3. The van der Waals surface area contributed by atoms with Gasteiger partial charge in [-0.2, -0.15) is 0 Å². The van der Waals surface area contributed by atoms with Crippen LogP contribution in [0.3, 0.4) is 0 Å². The van der Waals surface area contributed by atoms with Crippen molar-refractivity contribution in [2.24, 2.45) is 0 Å². The fourth-order valence-electron chi connectivity index (χ4n) is 2.45. The number of carbonyl (C=O) groups is 1. The van der Waals surface area contributed by atoms with Gasteiger partial charge in [-0.25, -0.2) is 0 Å². The minimum atomic E-state index is -0.00558. The first-order valence-electron chi connectivity index (χ1n) is 8.96. The average molecular weight is 363 g/mol. The van der Waals surface area contributed by atoms with E-state index in [9.17, 15) is 4.79 Å². The van der Waals surface area contributed by atoms with Crippen molar-refractivity contribution in [3.63, 3.8) is 0 Å². The molecule has 0 aromatic carbocycles. The van der Waals surface area contributed by atoms with Crippen LogP contribution in [-0.4, -0.2) is 17.4 Å². The van der Waals surface area contributed by atoms with Crippen LogP contribution in [0.2, 0.25) is 0 Å². The van der Waals surface area contributed by atoms with Gasteiger partial charge in [-0.05, 0) is 32.6 Å². The maximum absolute atomic E-state index is 11.7.